The predicted octanol–water partition coefficient (Wildman–Crippen LogP) is 3.97. The van der Waals surface area contributed by atoms with Crippen LogP contribution in [0.1, 0.15) is 5.76 Å². The molecule has 0 aliphatic heterocycles. The van der Waals surface area contributed by atoms with Gasteiger partial charge in [0, 0.05) is 5.56 Å². The number of nitrogens with zero attached hydrogens (tertiary/aromatic N) is 2. The molecular weight excluding hydrogens is 352 g/mol. The molecule has 0 fully saturated rings. The fourth-order valence-electron chi connectivity index (χ4n) is 2.50. The van der Waals surface area contributed by atoms with E-state index < -0.39 is 9.84 Å². The van der Waals surface area contributed by atoms with E-state index in [2.05, 4.69) is 10.1 Å². The van der Waals surface area contributed by atoms with Crippen molar-refractivity contribution in [2.24, 2.45) is 0 Å². The van der Waals surface area contributed by atoms with E-state index in [0.717, 1.165) is 5.56 Å². The van der Waals surface area contributed by atoms with Crippen molar-refractivity contribution in [2.75, 3.05) is 0 Å². The molecule has 4 rings (SSSR count). The number of benzene rings is 2. The van der Waals surface area contributed by atoms with Gasteiger partial charge in [-0.1, -0.05) is 53.7 Å². The van der Waals surface area contributed by atoms with Crippen molar-refractivity contribution in [3.63, 3.8) is 0 Å². The lowest BCUT2D eigenvalue weighted by Gasteiger charge is -2.01. The molecule has 7 heteroatoms. The van der Waals surface area contributed by atoms with Crippen LogP contribution in [0.15, 0.2) is 86.6 Å². The minimum absolute atomic E-state index is 0.201. The minimum Gasteiger partial charge on any atom is -0.455 e. The Kier molecular flexibility index (Phi) is 4.14. The Morgan fingerprint density at radius 2 is 1.54 bits per heavy atom. The zero-order valence-corrected chi connectivity index (χ0v) is 14.4. The summed E-state index contributed by atoms with van der Waals surface area (Å²) >= 11 is 0. The van der Waals surface area contributed by atoms with Gasteiger partial charge in [-0.25, -0.2) is 8.42 Å². The smallest absolute Gasteiger partial charge is 0.293 e. The molecule has 0 aliphatic carbocycles. The number of furan rings is 1. The summed E-state index contributed by atoms with van der Waals surface area (Å²) in [6, 6.07) is 20.9. The Bertz CT molecular complexity index is 1120. The van der Waals surface area contributed by atoms with Gasteiger partial charge in [-0.3, -0.25) is 0 Å². The summed E-state index contributed by atoms with van der Waals surface area (Å²) < 4.78 is 35.7. The fraction of sp³-hybridized carbons (Fsp3) is 0.0526. The van der Waals surface area contributed by atoms with E-state index in [1.165, 1.54) is 0 Å². The lowest BCUT2D eigenvalue weighted by atomic mass is 10.2. The van der Waals surface area contributed by atoms with E-state index in [1.807, 2.05) is 30.3 Å². The third-order valence-corrected chi connectivity index (χ3v) is 5.42. The van der Waals surface area contributed by atoms with Gasteiger partial charge in [0.15, 0.2) is 15.6 Å². The minimum atomic E-state index is -3.48. The van der Waals surface area contributed by atoms with Crippen molar-refractivity contribution in [3.05, 3.63) is 78.6 Å². The molecule has 0 spiro atoms. The number of hydrogen-bond donors (Lipinski definition) is 0. The first kappa shape index (κ1) is 16.3. The molecule has 2 aromatic heterocycles. The molecule has 0 N–H and O–H groups in total. The second-order valence-corrected chi connectivity index (χ2v) is 7.62. The van der Waals surface area contributed by atoms with Gasteiger partial charge in [-0.2, -0.15) is 4.98 Å². The maximum atomic E-state index is 12.4. The van der Waals surface area contributed by atoms with E-state index in [1.54, 1.807) is 42.5 Å². The van der Waals surface area contributed by atoms with Crippen molar-refractivity contribution in [1.29, 1.82) is 0 Å². The largest absolute Gasteiger partial charge is 0.455 e. The maximum absolute atomic E-state index is 12.4. The summed E-state index contributed by atoms with van der Waals surface area (Å²) in [5.74, 6) is 1.04. The Morgan fingerprint density at radius 3 is 2.27 bits per heavy atom. The molecule has 4 aromatic rings. The summed E-state index contributed by atoms with van der Waals surface area (Å²) in [5.41, 5.74) is 0.820. The quantitative estimate of drug-likeness (QED) is 0.531. The number of hydrogen-bond acceptors (Lipinski definition) is 6. The van der Waals surface area contributed by atoms with Crippen molar-refractivity contribution >= 4 is 9.84 Å². The van der Waals surface area contributed by atoms with E-state index in [4.69, 9.17) is 8.94 Å². The standard InChI is InChI=1S/C19H14N2O4S/c22-26(23,16-9-5-2-6-10-16)13-15-11-12-17(24-15)19-20-18(21-25-19)14-7-3-1-4-8-14/h1-12H,13H2. The van der Waals surface area contributed by atoms with Crippen LogP contribution < -0.4 is 0 Å². The van der Waals surface area contributed by atoms with Gasteiger partial charge >= 0.3 is 0 Å². The highest BCUT2D eigenvalue weighted by Crippen LogP contribution is 2.25. The molecule has 0 aliphatic rings. The van der Waals surface area contributed by atoms with Gasteiger partial charge in [0.05, 0.1) is 4.90 Å². The highest BCUT2D eigenvalue weighted by atomic mass is 32.2. The normalized spacial score (nSPS) is 11.5. The maximum Gasteiger partial charge on any atom is 0.293 e. The SMILES string of the molecule is O=S(=O)(Cc1ccc(-c2nc(-c3ccccc3)no2)o1)c1ccccc1. The van der Waals surface area contributed by atoms with Gasteiger partial charge in [0.1, 0.15) is 11.5 Å². The second kappa shape index (κ2) is 6.61. The zero-order chi connectivity index (χ0) is 18.0. The van der Waals surface area contributed by atoms with Crippen LogP contribution in [0.4, 0.5) is 0 Å². The molecule has 2 heterocycles. The Hall–Kier alpha value is -3.19. The molecule has 6 nitrogen and oxygen atoms in total. The highest BCUT2D eigenvalue weighted by molar-refractivity contribution is 7.90. The summed E-state index contributed by atoms with van der Waals surface area (Å²) in [4.78, 5) is 4.55. The lowest BCUT2D eigenvalue weighted by molar-refractivity contribution is 0.413. The van der Waals surface area contributed by atoms with Gasteiger partial charge in [0.25, 0.3) is 5.89 Å². The van der Waals surface area contributed by atoms with E-state index in [-0.39, 0.29) is 16.5 Å². The first-order valence-corrected chi connectivity index (χ1v) is 9.53. The van der Waals surface area contributed by atoms with E-state index in [0.29, 0.717) is 17.3 Å². The molecule has 0 amide bonds. The third-order valence-electron chi connectivity index (χ3n) is 3.77. The highest BCUT2D eigenvalue weighted by Gasteiger charge is 2.19. The Morgan fingerprint density at radius 1 is 0.846 bits per heavy atom. The van der Waals surface area contributed by atoms with Crippen LogP contribution in [0.2, 0.25) is 0 Å². The van der Waals surface area contributed by atoms with Crippen LogP contribution in [-0.4, -0.2) is 18.6 Å². The Balaban J connectivity index is 1.57. The second-order valence-electron chi connectivity index (χ2n) is 5.63. The number of aromatic nitrogens is 2. The van der Waals surface area contributed by atoms with Gasteiger partial charge in [-0.05, 0) is 24.3 Å². The molecule has 0 radical (unpaired) electrons. The topological polar surface area (TPSA) is 86.2 Å². The monoisotopic (exact) mass is 366 g/mol. The zero-order valence-electron chi connectivity index (χ0n) is 13.6. The molecule has 0 atom stereocenters. The molecule has 0 saturated carbocycles. The molecule has 0 saturated heterocycles. The fourth-order valence-corrected chi connectivity index (χ4v) is 3.77. The predicted molar refractivity (Wildman–Crippen MR) is 94.8 cm³/mol. The average Bonchev–Trinajstić information content (AvgIpc) is 3.32. The summed E-state index contributed by atoms with van der Waals surface area (Å²) in [7, 11) is -3.48. The first-order chi connectivity index (χ1) is 12.6. The molecule has 0 bridgehead atoms. The van der Waals surface area contributed by atoms with Crippen LogP contribution in [0, 0.1) is 0 Å². The van der Waals surface area contributed by atoms with Crippen molar-refractivity contribution in [2.45, 2.75) is 10.6 Å². The van der Waals surface area contributed by atoms with Crippen molar-refractivity contribution in [1.82, 2.24) is 10.1 Å². The number of rotatable bonds is 5. The Labute approximate surface area is 150 Å². The van der Waals surface area contributed by atoms with Crippen LogP contribution in [0.25, 0.3) is 23.0 Å². The van der Waals surface area contributed by atoms with Crippen LogP contribution in [-0.2, 0) is 15.6 Å². The summed E-state index contributed by atoms with van der Waals surface area (Å²) in [5, 5.41) is 3.93. The molecule has 130 valence electrons. The van der Waals surface area contributed by atoms with Crippen LogP contribution in [0.3, 0.4) is 0 Å². The summed E-state index contributed by atoms with van der Waals surface area (Å²) in [6.45, 7) is 0. The molecular formula is C19H14N2O4S. The lowest BCUT2D eigenvalue weighted by Crippen LogP contribution is -2.03. The third kappa shape index (κ3) is 3.29. The number of sulfone groups is 1. The van der Waals surface area contributed by atoms with Gasteiger partial charge in [-0.15, -0.1) is 0 Å². The molecule has 2 aromatic carbocycles. The van der Waals surface area contributed by atoms with E-state index in [9.17, 15) is 8.42 Å². The molecule has 26 heavy (non-hydrogen) atoms. The van der Waals surface area contributed by atoms with Crippen molar-refractivity contribution in [3.8, 4) is 23.0 Å². The van der Waals surface area contributed by atoms with Gasteiger partial charge < -0.3 is 8.94 Å². The van der Waals surface area contributed by atoms with Crippen LogP contribution >= 0.6 is 0 Å². The van der Waals surface area contributed by atoms with Crippen LogP contribution in [0.5, 0.6) is 0 Å². The average molecular weight is 366 g/mol. The van der Waals surface area contributed by atoms with E-state index >= 15 is 0 Å². The molecule has 0 unspecified atom stereocenters. The summed E-state index contributed by atoms with van der Waals surface area (Å²) in [6.07, 6.45) is 0. The van der Waals surface area contributed by atoms with Gasteiger partial charge in [0.2, 0.25) is 5.82 Å². The first-order valence-electron chi connectivity index (χ1n) is 7.88. The van der Waals surface area contributed by atoms with Crippen molar-refractivity contribution < 1.29 is 17.4 Å².